The fraction of sp³-hybridized carbons (Fsp3) is 0.167. The van der Waals surface area contributed by atoms with Gasteiger partial charge in [-0.25, -0.2) is 0 Å². The Balaban J connectivity index is 1.85. The lowest BCUT2D eigenvalue weighted by atomic mass is 9.90. The van der Waals surface area contributed by atoms with E-state index in [-0.39, 0.29) is 6.04 Å². The third kappa shape index (κ3) is 3.78. The highest BCUT2D eigenvalue weighted by Crippen LogP contribution is 2.42. The van der Waals surface area contributed by atoms with E-state index >= 15 is 0 Å². The van der Waals surface area contributed by atoms with Crippen LogP contribution in [0, 0.1) is 0 Å². The van der Waals surface area contributed by atoms with Crippen LogP contribution in [0.1, 0.15) is 22.7 Å². The smallest absolute Gasteiger partial charge is 0.0785 e. The second-order valence-corrected chi connectivity index (χ2v) is 7.22. The van der Waals surface area contributed by atoms with Crippen LogP contribution in [0.25, 0.3) is 6.08 Å². The highest BCUT2D eigenvalue weighted by molar-refractivity contribution is 6.30. The van der Waals surface area contributed by atoms with Crippen molar-refractivity contribution in [1.29, 1.82) is 0 Å². The quantitative estimate of drug-likeness (QED) is 0.531. The monoisotopic (exact) mass is 375 g/mol. The molecule has 3 heteroatoms. The normalized spacial score (nSPS) is 16.0. The van der Waals surface area contributed by atoms with Crippen LogP contribution >= 0.6 is 11.6 Å². The Bertz CT molecular complexity index is 937. The highest BCUT2D eigenvalue weighted by atomic mass is 35.5. The molecule has 0 radical (unpaired) electrons. The summed E-state index contributed by atoms with van der Waals surface area (Å²) in [6.07, 6.45) is 2.23. The van der Waals surface area contributed by atoms with Gasteiger partial charge in [0.05, 0.1) is 12.6 Å². The molecule has 2 nitrogen and oxygen atoms in total. The van der Waals surface area contributed by atoms with E-state index in [2.05, 4.69) is 77.7 Å². The summed E-state index contributed by atoms with van der Waals surface area (Å²) in [5, 5.41) is 0.750. The van der Waals surface area contributed by atoms with Gasteiger partial charge in [-0.2, -0.15) is 0 Å². The van der Waals surface area contributed by atoms with E-state index in [1.807, 2.05) is 12.1 Å². The molecule has 1 aliphatic rings. The molecule has 0 aromatic heterocycles. The maximum atomic E-state index is 6.28. The Hall–Kier alpha value is -2.55. The summed E-state index contributed by atoms with van der Waals surface area (Å²) in [6.45, 7) is 1.40. The van der Waals surface area contributed by atoms with Gasteiger partial charge in [-0.05, 0) is 46.5 Å². The number of rotatable bonds is 5. The minimum Gasteiger partial charge on any atom is -0.380 e. The predicted octanol–water partition coefficient (Wildman–Crippen LogP) is 6.13. The Labute approximate surface area is 165 Å². The zero-order valence-corrected chi connectivity index (χ0v) is 16.1. The molecular weight excluding hydrogens is 354 g/mol. The zero-order valence-electron chi connectivity index (χ0n) is 15.3. The fourth-order valence-corrected chi connectivity index (χ4v) is 3.97. The molecule has 0 amide bonds. The van der Waals surface area contributed by atoms with Crippen molar-refractivity contribution in [3.05, 3.63) is 106 Å². The Morgan fingerprint density at radius 3 is 2.33 bits per heavy atom. The molecule has 27 heavy (non-hydrogen) atoms. The molecule has 0 N–H and O–H groups in total. The molecule has 1 aliphatic heterocycles. The van der Waals surface area contributed by atoms with Crippen molar-refractivity contribution in [3.63, 3.8) is 0 Å². The van der Waals surface area contributed by atoms with Gasteiger partial charge < -0.3 is 9.64 Å². The van der Waals surface area contributed by atoms with Gasteiger partial charge in [0.15, 0.2) is 0 Å². The van der Waals surface area contributed by atoms with Gasteiger partial charge in [0.1, 0.15) is 0 Å². The largest absolute Gasteiger partial charge is 0.380 e. The molecule has 1 atom stereocenters. The van der Waals surface area contributed by atoms with E-state index in [4.69, 9.17) is 16.3 Å². The SMILES string of the molecule is COCC1=Cc2cc(Cl)ccc2N(Cc2ccccc2)C1c1ccccc1. The summed E-state index contributed by atoms with van der Waals surface area (Å²) in [4.78, 5) is 2.45. The van der Waals surface area contributed by atoms with Gasteiger partial charge in [0.25, 0.3) is 0 Å². The lowest BCUT2D eigenvalue weighted by molar-refractivity contribution is 0.220. The van der Waals surface area contributed by atoms with E-state index in [0.29, 0.717) is 6.61 Å². The summed E-state index contributed by atoms with van der Waals surface area (Å²) >= 11 is 6.28. The number of ether oxygens (including phenoxy) is 1. The lowest BCUT2D eigenvalue weighted by Gasteiger charge is -2.40. The van der Waals surface area contributed by atoms with Crippen LogP contribution in [0.2, 0.25) is 5.02 Å². The van der Waals surface area contributed by atoms with Gasteiger partial charge >= 0.3 is 0 Å². The van der Waals surface area contributed by atoms with Crippen molar-refractivity contribution < 1.29 is 4.74 Å². The third-order valence-corrected chi connectivity index (χ3v) is 5.16. The predicted molar refractivity (Wildman–Crippen MR) is 113 cm³/mol. The first-order valence-corrected chi connectivity index (χ1v) is 9.48. The van der Waals surface area contributed by atoms with Crippen molar-refractivity contribution in [2.24, 2.45) is 0 Å². The standard InChI is InChI=1S/C24H22ClNO/c1-27-17-21-14-20-15-22(25)12-13-23(20)26(16-18-8-4-2-5-9-18)24(21)19-10-6-3-7-11-19/h2-15,24H,16-17H2,1H3. The van der Waals surface area contributed by atoms with Crippen LogP contribution in [0.4, 0.5) is 5.69 Å². The molecule has 3 aromatic carbocycles. The number of benzene rings is 3. The van der Waals surface area contributed by atoms with Gasteiger partial charge in [-0.3, -0.25) is 0 Å². The molecule has 0 saturated carbocycles. The van der Waals surface area contributed by atoms with Crippen molar-refractivity contribution in [3.8, 4) is 0 Å². The molecule has 0 bridgehead atoms. The number of nitrogens with zero attached hydrogens (tertiary/aromatic N) is 1. The summed E-state index contributed by atoms with van der Waals surface area (Å²) in [7, 11) is 1.75. The van der Waals surface area contributed by atoms with E-state index < -0.39 is 0 Å². The molecule has 0 fully saturated rings. The maximum Gasteiger partial charge on any atom is 0.0785 e. The summed E-state index contributed by atoms with van der Waals surface area (Å²) in [6, 6.07) is 27.4. The van der Waals surface area contributed by atoms with Gasteiger partial charge in [-0.15, -0.1) is 0 Å². The van der Waals surface area contributed by atoms with Crippen molar-refractivity contribution in [2.45, 2.75) is 12.6 Å². The van der Waals surface area contributed by atoms with Crippen LogP contribution in [0.5, 0.6) is 0 Å². The zero-order chi connectivity index (χ0) is 18.6. The third-order valence-electron chi connectivity index (χ3n) is 4.92. The molecule has 136 valence electrons. The number of halogens is 1. The number of hydrogen-bond donors (Lipinski definition) is 0. The summed E-state index contributed by atoms with van der Waals surface area (Å²) in [5.41, 5.74) is 6.10. The first-order chi connectivity index (χ1) is 13.3. The number of fused-ring (bicyclic) bond motifs is 1. The van der Waals surface area contributed by atoms with Crippen molar-refractivity contribution in [1.82, 2.24) is 0 Å². The second kappa shape index (κ2) is 7.99. The first kappa shape index (κ1) is 17.8. The van der Waals surface area contributed by atoms with Gasteiger partial charge in [0.2, 0.25) is 0 Å². The average molecular weight is 376 g/mol. The Kier molecular flexibility index (Phi) is 5.28. The lowest BCUT2D eigenvalue weighted by Crippen LogP contribution is -2.33. The Morgan fingerprint density at radius 1 is 0.926 bits per heavy atom. The van der Waals surface area contributed by atoms with Gasteiger partial charge in [-0.1, -0.05) is 72.3 Å². The fourth-order valence-electron chi connectivity index (χ4n) is 3.79. The Morgan fingerprint density at radius 2 is 1.63 bits per heavy atom. The highest BCUT2D eigenvalue weighted by Gasteiger charge is 2.30. The van der Waals surface area contributed by atoms with Crippen LogP contribution in [-0.2, 0) is 11.3 Å². The van der Waals surface area contributed by atoms with E-state index in [1.54, 1.807) is 7.11 Å². The minimum atomic E-state index is 0.125. The van der Waals surface area contributed by atoms with Crippen molar-refractivity contribution in [2.75, 3.05) is 18.6 Å². The van der Waals surface area contributed by atoms with Crippen LogP contribution in [0.15, 0.2) is 84.4 Å². The second-order valence-electron chi connectivity index (χ2n) is 6.78. The molecule has 3 aromatic rings. The number of methoxy groups -OCH3 is 1. The van der Waals surface area contributed by atoms with Crippen LogP contribution in [-0.4, -0.2) is 13.7 Å². The van der Waals surface area contributed by atoms with Crippen LogP contribution < -0.4 is 4.90 Å². The molecule has 0 aliphatic carbocycles. The number of hydrogen-bond acceptors (Lipinski definition) is 2. The van der Waals surface area contributed by atoms with Gasteiger partial charge in [0, 0.05) is 24.4 Å². The maximum absolute atomic E-state index is 6.28. The molecule has 0 saturated heterocycles. The van der Waals surface area contributed by atoms with E-state index in [0.717, 1.165) is 17.1 Å². The molecular formula is C24H22ClNO. The topological polar surface area (TPSA) is 12.5 Å². The minimum absolute atomic E-state index is 0.125. The van der Waals surface area contributed by atoms with Crippen molar-refractivity contribution >= 4 is 23.4 Å². The van der Waals surface area contributed by atoms with Crippen LogP contribution in [0.3, 0.4) is 0 Å². The van der Waals surface area contributed by atoms with E-state index in [9.17, 15) is 0 Å². The molecule has 4 rings (SSSR count). The van der Waals surface area contributed by atoms with E-state index in [1.165, 1.54) is 22.4 Å². The average Bonchev–Trinajstić information content (AvgIpc) is 2.69. The first-order valence-electron chi connectivity index (χ1n) is 9.11. The summed E-state index contributed by atoms with van der Waals surface area (Å²) in [5.74, 6) is 0. The number of anilines is 1. The summed E-state index contributed by atoms with van der Waals surface area (Å²) < 4.78 is 5.55. The molecule has 1 unspecified atom stereocenters. The molecule has 0 spiro atoms. The molecule has 1 heterocycles.